The Morgan fingerprint density at radius 1 is 1.22 bits per heavy atom. The fourth-order valence-electron chi connectivity index (χ4n) is 3.09. The molecule has 0 spiro atoms. The first-order valence-corrected chi connectivity index (χ1v) is 8.98. The van der Waals surface area contributed by atoms with Gasteiger partial charge in [0.2, 0.25) is 0 Å². The zero-order valence-corrected chi connectivity index (χ0v) is 18.7. The average Bonchev–Trinajstić information content (AvgIpc) is 3.01. The van der Waals surface area contributed by atoms with Crippen LogP contribution in [0.4, 0.5) is 13.2 Å². The van der Waals surface area contributed by atoms with Gasteiger partial charge in [0.15, 0.2) is 5.96 Å². The molecule has 0 saturated carbocycles. The van der Waals surface area contributed by atoms with Crippen LogP contribution in [-0.2, 0) is 13.1 Å². The van der Waals surface area contributed by atoms with Crippen molar-refractivity contribution >= 4 is 29.9 Å². The summed E-state index contributed by atoms with van der Waals surface area (Å²) in [7, 11) is 1.69. The van der Waals surface area contributed by atoms with Gasteiger partial charge in [0, 0.05) is 52.2 Å². The predicted octanol–water partition coefficient (Wildman–Crippen LogP) is 2.80. The molecule has 0 bridgehead atoms. The van der Waals surface area contributed by atoms with E-state index in [1.807, 2.05) is 11.1 Å². The molecule has 0 aromatic carbocycles. The van der Waals surface area contributed by atoms with Gasteiger partial charge in [-0.1, -0.05) is 13.8 Å². The molecule has 1 aromatic heterocycles. The van der Waals surface area contributed by atoms with Gasteiger partial charge in [-0.05, 0) is 12.8 Å². The molecule has 27 heavy (non-hydrogen) atoms. The minimum absolute atomic E-state index is 0. The summed E-state index contributed by atoms with van der Waals surface area (Å²) in [6.45, 7) is 8.70. The Bertz CT molecular complexity index is 594. The normalized spacial score (nSPS) is 17.8. The number of aliphatic imine (C=N–C) groups is 1. The lowest BCUT2D eigenvalue weighted by Gasteiger charge is -2.39. The van der Waals surface area contributed by atoms with Crippen molar-refractivity contribution < 1.29 is 13.2 Å². The van der Waals surface area contributed by atoms with Crippen LogP contribution in [0.5, 0.6) is 0 Å². The molecule has 1 aliphatic heterocycles. The van der Waals surface area contributed by atoms with Gasteiger partial charge < -0.3 is 14.8 Å². The number of imidazole rings is 1. The molecule has 0 radical (unpaired) electrons. The van der Waals surface area contributed by atoms with Crippen LogP contribution < -0.4 is 5.32 Å². The molecule has 1 atom stereocenters. The molecule has 6 nitrogen and oxygen atoms in total. The van der Waals surface area contributed by atoms with Crippen molar-refractivity contribution in [1.29, 1.82) is 0 Å². The first-order valence-electron chi connectivity index (χ1n) is 8.98. The minimum atomic E-state index is -4.18. The standard InChI is InChI=1S/C17H29F3N6.HI/c1-13(2)12-26-6-5-22-15(26)11-23-16(21-4)25-9-7-24(8-10-25)14(3)17(18,19)20;/h5-6,13-14H,7-12H2,1-4H3,(H,21,23);1H. The maximum Gasteiger partial charge on any atom is 0.403 e. The number of nitrogens with zero attached hydrogens (tertiary/aromatic N) is 5. The second-order valence-corrected chi connectivity index (χ2v) is 7.03. The van der Waals surface area contributed by atoms with Crippen LogP contribution in [0.15, 0.2) is 17.4 Å². The molecular formula is C17H30F3IN6. The third-order valence-corrected chi connectivity index (χ3v) is 4.62. The summed E-state index contributed by atoms with van der Waals surface area (Å²) >= 11 is 0. The number of hydrogen-bond donors (Lipinski definition) is 1. The lowest BCUT2D eigenvalue weighted by molar-refractivity contribution is -0.181. The van der Waals surface area contributed by atoms with Gasteiger partial charge in [0.25, 0.3) is 0 Å². The summed E-state index contributed by atoms with van der Waals surface area (Å²) in [5, 5.41) is 3.28. The molecule has 1 aromatic rings. The molecule has 1 aliphatic rings. The molecular weight excluding hydrogens is 472 g/mol. The lowest BCUT2D eigenvalue weighted by Crippen LogP contribution is -2.56. The Morgan fingerprint density at radius 2 is 1.85 bits per heavy atom. The molecule has 156 valence electrons. The maximum absolute atomic E-state index is 12.9. The Morgan fingerprint density at radius 3 is 2.37 bits per heavy atom. The Balaban J connectivity index is 0.00000364. The Hall–Kier alpha value is -1.04. The van der Waals surface area contributed by atoms with E-state index in [-0.39, 0.29) is 24.0 Å². The van der Waals surface area contributed by atoms with Gasteiger partial charge in [0.05, 0.1) is 6.54 Å². The summed E-state index contributed by atoms with van der Waals surface area (Å²) < 4.78 is 40.7. The van der Waals surface area contributed by atoms with Crippen molar-refractivity contribution in [3.05, 3.63) is 18.2 Å². The topological polar surface area (TPSA) is 48.7 Å². The van der Waals surface area contributed by atoms with Gasteiger partial charge in [-0.2, -0.15) is 13.2 Å². The van der Waals surface area contributed by atoms with Gasteiger partial charge in [-0.3, -0.25) is 9.89 Å². The van der Waals surface area contributed by atoms with E-state index in [0.717, 1.165) is 12.4 Å². The van der Waals surface area contributed by atoms with Gasteiger partial charge in [-0.15, -0.1) is 24.0 Å². The van der Waals surface area contributed by atoms with E-state index in [2.05, 4.69) is 33.7 Å². The van der Waals surface area contributed by atoms with Crippen molar-refractivity contribution in [2.75, 3.05) is 33.2 Å². The summed E-state index contributed by atoms with van der Waals surface area (Å²) in [6, 6.07) is -1.41. The number of hydrogen-bond acceptors (Lipinski definition) is 3. The van der Waals surface area contributed by atoms with E-state index < -0.39 is 12.2 Å². The number of piperazine rings is 1. The van der Waals surface area contributed by atoms with E-state index in [1.165, 1.54) is 11.8 Å². The van der Waals surface area contributed by atoms with Crippen molar-refractivity contribution in [1.82, 2.24) is 24.7 Å². The predicted molar refractivity (Wildman–Crippen MR) is 111 cm³/mol. The van der Waals surface area contributed by atoms with Gasteiger partial charge >= 0.3 is 6.18 Å². The van der Waals surface area contributed by atoms with Gasteiger partial charge in [0.1, 0.15) is 11.9 Å². The van der Waals surface area contributed by atoms with Crippen molar-refractivity contribution in [2.45, 2.75) is 46.1 Å². The van der Waals surface area contributed by atoms with Gasteiger partial charge in [-0.25, -0.2) is 4.98 Å². The molecule has 0 aliphatic carbocycles. The highest BCUT2D eigenvalue weighted by atomic mass is 127. The third-order valence-electron chi connectivity index (χ3n) is 4.62. The molecule has 1 N–H and O–H groups in total. The van der Waals surface area contributed by atoms with Crippen LogP contribution in [0, 0.1) is 5.92 Å². The summed E-state index contributed by atoms with van der Waals surface area (Å²) in [4.78, 5) is 12.1. The van der Waals surface area contributed by atoms with Crippen LogP contribution in [0.1, 0.15) is 26.6 Å². The second kappa shape index (κ2) is 10.5. The van der Waals surface area contributed by atoms with Crippen LogP contribution in [0.3, 0.4) is 0 Å². The highest BCUT2D eigenvalue weighted by Crippen LogP contribution is 2.25. The number of alkyl halides is 3. The van der Waals surface area contributed by atoms with E-state index in [4.69, 9.17) is 0 Å². The van der Waals surface area contributed by atoms with Crippen LogP contribution in [-0.4, -0.2) is 70.8 Å². The maximum atomic E-state index is 12.9. The molecule has 2 rings (SSSR count). The first-order chi connectivity index (χ1) is 12.2. The lowest BCUT2D eigenvalue weighted by atomic mass is 10.2. The molecule has 0 amide bonds. The smallest absolute Gasteiger partial charge is 0.349 e. The highest BCUT2D eigenvalue weighted by molar-refractivity contribution is 14.0. The monoisotopic (exact) mass is 502 g/mol. The molecule has 2 heterocycles. The van der Waals surface area contributed by atoms with Crippen LogP contribution >= 0.6 is 24.0 Å². The number of guanidine groups is 1. The van der Waals surface area contributed by atoms with E-state index >= 15 is 0 Å². The second-order valence-electron chi connectivity index (χ2n) is 7.03. The summed E-state index contributed by atoms with van der Waals surface area (Å²) in [5.74, 6) is 2.14. The minimum Gasteiger partial charge on any atom is -0.349 e. The molecule has 1 fully saturated rings. The molecule has 1 unspecified atom stereocenters. The molecule has 1 saturated heterocycles. The largest absolute Gasteiger partial charge is 0.403 e. The van der Waals surface area contributed by atoms with E-state index in [9.17, 15) is 13.2 Å². The Kier molecular flexibility index (Phi) is 9.32. The number of rotatable bonds is 5. The van der Waals surface area contributed by atoms with Crippen LogP contribution in [0.25, 0.3) is 0 Å². The fraction of sp³-hybridized carbons (Fsp3) is 0.765. The fourth-order valence-corrected chi connectivity index (χ4v) is 3.09. The van der Waals surface area contributed by atoms with Crippen molar-refractivity contribution in [3.8, 4) is 0 Å². The van der Waals surface area contributed by atoms with E-state index in [1.54, 1.807) is 13.2 Å². The third kappa shape index (κ3) is 6.81. The van der Waals surface area contributed by atoms with E-state index in [0.29, 0.717) is 44.6 Å². The number of halogens is 4. The first kappa shape index (κ1) is 24.0. The number of nitrogens with one attached hydrogen (secondary N) is 1. The number of aromatic nitrogens is 2. The summed E-state index contributed by atoms with van der Waals surface area (Å²) in [6.07, 6.45) is -0.452. The quantitative estimate of drug-likeness (QED) is 0.383. The Labute approximate surface area is 176 Å². The average molecular weight is 502 g/mol. The van der Waals surface area contributed by atoms with Crippen LogP contribution in [0.2, 0.25) is 0 Å². The highest BCUT2D eigenvalue weighted by Gasteiger charge is 2.41. The zero-order chi connectivity index (χ0) is 19.3. The molecule has 10 heteroatoms. The SMILES string of the molecule is CN=C(NCc1nccn1CC(C)C)N1CCN(C(C)C(F)(F)F)CC1.I. The summed E-state index contributed by atoms with van der Waals surface area (Å²) in [5.41, 5.74) is 0. The van der Waals surface area contributed by atoms with Crippen molar-refractivity contribution in [3.63, 3.8) is 0 Å². The van der Waals surface area contributed by atoms with Crippen molar-refractivity contribution in [2.24, 2.45) is 10.9 Å². The zero-order valence-electron chi connectivity index (χ0n) is 16.3.